The van der Waals surface area contributed by atoms with Gasteiger partial charge in [-0.3, -0.25) is 4.68 Å². The molecule has 0 aliphatic heterocycles. The normalized spacial score (nSPS) is 23.4. The summed E-state index contributed by atoms with van der Waals surface area (Å²) in [6.45, 7) is 4.30. The monoisotopic (exact) mass is 291 g/mol. The van der Waals surface area contributed by atoms with Crippen LogP contribution >= 0.6 is 11.6 Å². The van der Waals surface area contributed by atoms with Crippen LogP contribution in [0.3, 0.4) is 0 Å². The molecule has 0 bridgehead atoms. The maximum absolute atomic E-state index is 12.2. The van der Waals surface area contributed by atoms with Crippen LogP contribution in [0.25, 0.3) is 0 Å². The van der Waals surface area contributed by atoms with Gasteiger partial charge in [-0.2, -0.15) is 5.10 Å². The molecule has 1 saturated carbocycles. The predicted molar refractivity (Wildman–Crippen MR) is 70.0 cm³/mol. The molecular weight excluding hydrogens is 274 g/mol. The summed E-state index contributed by atoms with van der Waals surface area (Å²) >= 11 is 5.87. The summed E-state index contributed by atoms with van der Waals surface area (Å²) in [5, 5.41) is 4.04. The number of hydrogen-bond acceptors (Lipinski definition) is 3. The highest BCUT2D eigenvalue weighted by atomic mass is 35.5. The van der Waals surface area contributed by atoms with E-state index in [1.807, 2.05) is 0 Å². The van der Waals surface area contributed by atoms with Gasteiger partial charge in [0.05, 0.1) is 11.2 Å². The molecule has 1 aromatic rings. The highest BCUT2D eigenvalue weighted by Crippen LogP contribution is 2.37. The summed E-state index contributed by atoms with van der Waals surface area (Å²) in [6.07, 6.45) is 4.08. The molecule has 102 valence electrons. The summed E-state index contributed by atoms with van der Waals surface area (Å²) in [5.41, 5.74) is 0.198. The molecule has 1 unspecified atom stereocenters. The third-order valence-electron chi connectivity index (χ3n) is 3.39. The Bertz CT molecular complexity index is 531. The number of nitrogens with one attached hydrogen (secondary N) is 1. The first kappa shape index (κ1) is 13.8. The van der Waals surface area contributed by atoms with Crippen molar-refractivity contribution in [2.75, 3.05) is 0 Å². The first-order valence-corrected chi connectivity index (χ1v) is 7.77. The number of halogens is 1. The van der Waals surface area contributed by atoms with Crippen molar-refractivity contribution >= 4 is 21.6 Å². The minimum absolute atomic E-state index is 0.0176. The molecule has 0 saturated heterocycles. The van der Waals surface area contributed by atoms with E-state index in [4.69, 9.17) is 11.6 Å². The van der Waals surface area contributed by atoms with Crippen LogP contribution in [0.15, 0.2) is 11.2 Å². The molecule has 0 radical (unpaired) electrons. The third kappa shape index (κ3) is 2.70. The molecule has 2 rings (SSSR count). The van der Waals surface area contributed by atoms with Crippen molar-refractivity contribution in [2.24, 2.45) is 12.5 Å². The van der Waals surface area contributed by atoms with Gasteiger partial charge in [0.15, 0.2) is 5.03 Å². The van der Waals surface area contributed by atoms with Crippen LogP contribution in [-0.4, -0.2) is 24.2 Å². The molecule has 7 heteroatoms. The summed E-state index contributed by atoms with van der Waals surface area (Å²) < 4.78 is 28.5. The lowest BCUT2D eigenvalue weighted by Gasteiger charge is -2.18. The summed E-state index contributed by atoms with van der Waals surface area (Å²) in [7, 11) is -2.02. The maximum Gasteiger partial charge on any atom is 0.259 e. The van der Waals surface area contributed by atoms with E-state index >= 15 is 0 Å². The molecule has 0 amide bonds. The van der Waals surface area contributed by atoms with Crippen molar-refractivity contribution in [3.63, 3.8) is 0 Å². The van der Waals surface area contributed by atoms with E-state index in [1.54, 1.807) is 7.05 Å². The molecular formula is C11H18ClN3O2S. The van der Waals surface area contributed by atoms with Crippen LogP contribution in [0.5, 0.6) is 0 Å². The Morgan fingerprint density at radius 1 is 1.56 bits per heavy atom. The van der Waals surface area contributed by atoms with Crippen LogP contribution in [0.4, 0.5) is 0 Å². The zero-order valence-electron chi connectivity index (χ0n) is 10.8. The Hall–Kier alpha value is -0.590. The van der Waals surface area contributed by atoms with Crippen molar-refractivity contribution in [2.45, 2.75) is 44.2 Å². The van der Waals surface area contributed by atoms with Gasteiger partial charge in [0, 0.05) is 13.1 Å². The summed E-state index contributed by atoms with van der Waals surface area (Å²) in [6, 6.07) is -0.0176. The minimum atomic E-state index is -3.59. The fraction of sp³-hybridized carbons (Fsp3) is 0.727. The van der Waals surface area contributed by atoms with Crippen molar-refractivity contribution in [3.8, 4) is 0 Å². The topological polar surface area (TPSA) is 64.0 Å². The fourth-order valence-corrected chi connectivity index (χ4v) is 4.44. The smallest absolute Gasteiger partial charge is 0.255 e. The minimum Gasteiger partial charge on any atom is -0.255 e. The molecule has 1 aliphatic carbocycles. The van der Waals surface area contributed by atoms with E-state index in [-0.39, 0.29) is 21.5 Å². The number of aryl methyl sites for hydroxylation is 1. The highest BCUT2D eigenvalue weighted by Gasteiger charge is 2.34. The summed E-state index contributed by atoms with van der Waals surface area (Å²) in [5.74, 6) is 0. The molecule has 0 spiro atoms. The van der Waals surface area contributed by atoms with Gasteiger partial charge in [-0.25, -0.2) is 13.1 Å². The Morgan fingerprint density at radius 3 is 2.67 bits per heavy atom. The largest absolute Gasteiger partial charge is 0.259 e. The van der Waals surface area contributed by atoms with Crippen LogP contribution < -0.4 is 4.72 Å². The Morgan fingerprint density at radius 2 is 2.22 bits per heavy atom. The second-order valence-corrected chi connectivity index (χ2v) is 7.68. The molecule has 1 aromatic heterocycles. The number of hydrogen-bond donors (Lipinski definition) is 1. The average molecular weight is 292 g/mol. The fourth-order valence-electron chi connectivity index (χ4n) is 2.51. The molecule has 1 N–H and O–H groups in total. The highest BCUT2D eigenvalue weighted by molar-refractivity contribution is 7.89. The number of rotatable bonds is 3. The van der Waals surface area contributed by atoms with Crippen LogP contribution in [0.1, 0.15) is 33.1 Å². The molecule has 18 heavy (non-hydrogen) atoms. The first-order valence-electron chi connectivity index (χ1n) is 5.91. The van der Waals surface area contributed by atoms with Crippen LogP contribution in [-0.2, 0) is 17.1 Å². The quantitative estimate of drug-likeness (QED) is 0.925. The van der Waals surface area contributed by atoms with E-state index in [2.05, 4.69) is 23.7 Å². The zero-order valence-corrected chi connectivity index (χ0v) is 12.3. The van der Waals surface area contributed by atoms with Gasteiger partial charge in [0.1, 0.15) is 0 Å². The SMILES string of the molecule is Cn1ncc(Cl)c1S(=O)(=O)NC1CCC(C)(C)C1. The molecule has 1 aliphatic rings. The summed E-state index contributed by atoms with van der Waals surface area (Å²) in [4.78, 5) is 0. The third-order valence-corrected chi connectivity index (χ3v) is 5.41. The van der Waals surface area contributed by atoms with Gasteiger partial charge >= 0.3 is 0 Å². The van der Waals surface area contributed by atoms with Gasteiger partial charge < -0.3 is 0 Å². The lowest BCUT2D eigenvalue weighted by atomic mass is 9.92. The molecule has 0 aromatic carbocycles. The second-order valence-electron chi connectivity index (χ2n) is 5.65. The van der Waals surface area contributed by atoms with Gasteiger partial charge in [-0.05, 0) is 24.7 Å². The van der Waals surface area contributed by atoms with Gasteiger partial charge in [0.2, 0.25) is 0 Å². The number of nitrogens with zero attached hydrogens (tertiary/aromatic N) is 2. The Balaban J connectivity index is 2.19. The first-order chi connectivity index (χ1) is 8.21. The van der Waals surface area contributed by atoms with Crippen molar-refractivity contribution in [1.29, 1.82) is 0 Å². The number of sulfonamides is 1. The molecule has 1 heterocycles. The van der Waals surface area contributed by atoms with E-state index in [9.17, 15) is 8.42 Å². The zero-order chi connectivity index (χ0) is 13.6. The Labute approximate surface area is 113 Å². The van der Waals surface area contributed by atoms with Crippen LogP contribution in [0.2, 0.25) is 5.02 Å². The van der Waals surface area contributed by atoms with Crippen LogP contribution in [0, 0.1) is 5.41 Å². The van der Waals surface area contributed by atoms with Crippen molar-refractivity contribution in [1.82, 2.24) is 14.5 Å². The van der Waals surface area contributed by atoms with Gasteiger partial charge in [-0.15, -0.1) is 0 Å². The van der Waals surface area contributed by atoms with E-state index in [0.717, 1.165) is 19.3 Å². The van der Waals surface area contributed by atoms with Gasteiger partial charge in [0.25, 0.3) is 10.0 Å². The van der Waals surface area contributed by atoms with Crippen molar-refractivity contribution in [3.05, 3.63) is 11.2 Å². The van der Waals surface area contributed by atoms with E-state index < -0.39 is 10.0 Å². The lowest BCUT2D eigenvalue weighted by Crippen LogP contribution is -2.34. The predicted octanol–water partition coefficient (Wildman–Crippen LogP) is 1.93. The average Bonchev–Trinajstić information content (AvgIpc) is 2.69. The second kappa shape index (κ2) is 4.51. The Kier molecular flexibility index (Phi) is 3.46. The molecule has 1 fully saturated rings. The van der Waals surface area contributed by atoms with E-state index in [0.29, 0.717) is 0 Å². The van der Waals surface area contributed by atoms with Crippen molar-refractivity contribution < 1.29 is 8.42 Å². The standard InChI is InChI=1S/C11H18ClN3O2S/c1-11(2)5-4-8(6-11)14-18(16,17)10-9(12)7-13-15(10)3/h7-8,14H,4-6H2,1-3H3. The maximum atomic E-state index is 12.2. The van der Waals surface area contributed by atoms with E-state index in [1.165, 1.54) is 10.9 Å². The molecule has 1 atom stereocenters. The van der Waals surface area contributed by atoms with Gasteiger partial charge in [-0.1, -0.05) is 25.4 Å². The number of aromatic nitrogens is 2. The molecule has 5 nitrogen and oxygen atoms in total. The lowest BCUT2D eigenvalue weighted by molar-refractivity contribution is 0.372.